The van der Waals surface area contributed by atoms with Crippen molar-refractivity contribution in [2.24, 2.45) is 0 Å². The molecule has 1 fully saturated rings. The fourth-order valence-electron chi connectivity index (χ4n) is 2.83. The molecule has 6 heteroatoms. The van der Waals surface area contributed by atoms with Crippen LogP contribution in [0.15, 0.2) is 27.5 Å². The van der Waals surface area contributed by atoms with Crippen molar-refractivity contribution in [2.75, 3.05) is 0 Å². The van der Waals surface area contributed by atoms with Gasteiger partial charge in [0.1, 0.15) is 11.6 Å². The van der Waals surface area contributed by atoms with Crippen LogP contribution in [-0.2, 0) is 0 Å². The van der Waals surface area contributed by atoms with E-state index < -0.39 is 5.82 Å². The Kier molecular flexibility index (Phi) is 3.80. The van der Waals surface area contributed by atoms with Crippen LogP contribution in [0.1, 0.15) is 37.2 Å². The zero-order chi connectivity index (χ0) is 15.0. The van der Waals surface area contributed by atoms with Crippen LogP contribution in [-0.4, -0.2) is 15.1 Å². The lowest BCUT2D eigenvalue weighted by molar-refractivity contribution is 0.436. The third-order valence-corrected chi connectivity index (χ3v) is 4.50. The van der Waals surface area contributed by atoms with Gasteiger partial charge in [0, 0.05) is 5.56 Å². The minimum Gasteiger partial charge on any atom is -0.493 e. The van der Waals surface area contributed by atoms with Crippen molar-refractivity contribution in [2.45, 2.75) is 31.6 Å². The van der Waals surface area contributed by atoms with Crippen molar-refractivity contribution in [3.8, 4) is 17.3 Å². The van der Waals surface area contributed by atoms with Gasteiger partial charge in [0.25, 0.3) is 5.56 Å². The number of aromatic hydroxyl groups is 1. The summed E-state index contributed by atoms with van der Waals surface area (Å²) in [7, 11) is 0. The van der Waals surface area contributed by atoms with Gasteiger partial charge in [-0.25, -0.2) is 4.39 Å². The lowest BCUT2D eigenvalue weighted by atomic mass is 10.00. The van der Waals surface area contributed by atoms with E-state index in [2.05, 4.69) is 25.9 Å². The van der Waals surface area contributed by atoms with Crippen LogP contribution in [0.25, 0.3) is 11.4 Å². The van der Waals surface area contributed by atoms with Crippen LogP contribution < -0.4 is 5.56 Å². The highest BCUT2D eigenvalue weighted by Gasteiger charge is 2.24. The van der Waals surface area contributed by atoms with Gasteiger partial charge in [-0.05, 0) is 52.9 Å². The molecular formula is C15H14BrFN2O2. The number of hydrogen-bond acceptors (Lipinski definition) is 3. The molecule has 1 aliphatic carbocycles. The lowest BCUT2D eigenvalue weighted by Crippen LogP contribution is -2.17. The largest absolute Gasteiger partial charge is 0.493 e. The Bertz CT molecular complexity index is 739. The van der Waals surface area contributed by atoms with Gasteiger partial charge in [-0.15, -0.1) is 0 Å². The molecule has 1 saturated carbocycles. The standard InChI is InChI=1S/C15H14BrFN2O2/c16-10-7-9(5-6-11(10)17)13-18-14(20)12(15(21)19-13)8-3-1-2-4-8/h5-8H,1-4H2,(H2,18,19,20,21). The Morgan fingerprint density at radius 1 is 1.33 bits per heavy atom. The zero-order valence-corrected chi connectivity index (χ0v) is 12.8. The number of hydrogen-bond donors (Lipinski definition) is 2. The molecule has 0 spiro atoms. The van der Waals surface area contributed by atoms with E-state index in [1.54, 1.807) is 0 Å². The molecule has 1 aliphatic rings. The molecule has 1 heterocycles. The van der Waals surface area contributed by atoms with Crippen LogP contribution in [0.2, 0.25) is 0 Å². The first-order valence-corrected chi connectivity index (χ1v) is 7.64. The molecule has 0 atom stereocenters. The van der Waals surface area contributed by atoms with E-state index >= 15 is 0 Å². The molecule has 4 nitrogen and oxygen atoms in total. The molecule has 0 saturated heterocycles. The highest BCUT2D eigenvalue weighted by atomic mass is 79.9. The minimum absolute atomic E-state index is 0.0789. The van der Waals surface area contributed by atoms with Crippen molar-refractivity contribution >= 4 is 15.9 Å². The highest BCUT2D eigenvalue weighted by Crippen LogP contribution is 2.36. The number of H-pyrrole nitrogens is 1. The molecule has 110 valence electrons. The van der Waals surface area contributed by atoms with Crippen LogP contribution >= 0.6 is 15.9 Å². The van der Waals surface area contributed by atoms with Gasteiger partial charge in [0.2, 0.25) is 5.88 Å². The maximum Gasteiger partial charge on any atom is 0.258 e. The fourth-order valence-corrected chi connectivity index (χ4v) is 3.21. The molecule has 21 heavy (non-hydrogen) atoms. The number of benzene rings is 1. The maximum absolute atomic E-state index is 13.3. The second kappa shape index (κ2) is 5.60. The SMILES string of the molecule is O=c1[nH]c(-c2ccc(F)c(Br)c2)nc(O)c1C1CCCC1. The van der Waals surface area contributed by atoms with Crippen molar-refractivity contribution < 1.29 is 9.50 Å². The van der Waals surface area contributed by atoms with E-state index in [0.717, 1.165) is 25.7 Å². The Balaban J connectivity index is 2.05. The first-order chi connectivity index (χ1) is 10.1. The van der Waals surface area contributed by atoms with E-state index in [4.69, 9.17) is 0 Å². The van der Waals surface area contributed by atoms with Crippen LogP contribution in [0.5, 0.6) is 5.88 Å². The third kappa shape index (κ3) is 2.72. The van der Waals surface area contributed by atoms with E-state index in [1.807, 2.05) is 0 Å². The summed E-state index contributed by atoms with van der Waals surface area (Å²) >= 11 is 3.09. The average Bonchev–Trinajstić information content (AvgIpc) is 2.95. The quantitative estimate of drug-likeness (QED) is 0.865. The number of nitrogens with one attached hydrogen (secondary N) is 1. The molecular weight excluding hydrogens is 339 g/mol. The predicted molar refractivity (Wildman–Crippen MR) is 80.8 cm³/mol. The van der Waals surface area contributed by atoms with Gasteiger partial charge in [-0.3, -0.25) is 4.79 Å². The molecule has 2 N–H and O–H groups in total. The molecule has 2 aromatic rings. The summed E-state index contributed by atoms with van der Waals surface area (Å²) in [5.74, 6) is -0.302. The fraction of sp³-hybridized carbons (Fsp3) is 0.333. The molecule has 0 bridgehead atoms. The second-order valence-electron chi connectivity index (χ2n) is 5.26. The van der Waals surface area contributed by atoms with Crippen molar-refractivity contribution in [1.29, 1.82) is 0 Å². The Labute approximate surface area is 129 Å². The van der Waals surface area contributed by atoms with Crippen molar-refractivity contribution in [3.05, 3.63) is 44.4 Å². The second-order valence-corrected chi connectivity index (χ2v) is 6.12. The summed E-state index contributed by atoms with van der Waals surface area (Å²) in [5.41, 5.74) is 0.593. The summed E-state index contributed by atoms with van der Waals surface area (Å²) in [6.07, 6.45) is 3.94. The van der Waals surface area contributed by atoms with Gasteiger partial charge >= 0.3 is 0 Å². The van der Waals surface area contributed by atoms with E-state index in [1.165, 1.54) is 18.2 Å². The topological polar surface area (TPSA) is 66.0 Å². The summed E-state index contributed by atoms with van der Waals surface area (Å²) < 4.78 is 13.5. The molecule has 1 aromatic carbocycles. The third-order valence-electron chi connectivity index (χ3n) is 3.89. The molecule has 1 aromatic heterocycles. The summed E-state index contributed by atoms with van der Waals surface area (Å²) in [6.45, 7) is 0. The lowest BCUT2D eigenvalue weighted by Gasteiger charge is -2.11. The van der Waals surface area contributed by atoms with Gasteiger partial charge in [-0.2, -0.15) is 4.98 Å². The molecule has 0 radical (unpaired) electrons. The Morgan fingerprint density at radius 2 is 2.05 bits per heavy atom. The monoisotopic (exact) mass is 352 g/mol. The Hall–Kier alpha value is -1.69. The summed E-state index contributed by atoms with van der Waals surface area (Å²) in [4.78, 5) is 19.0. The van der Waals surface area contributed by atoms with E-state index in [-0.39, 0.29) is 27.7 Å². The molecule has 3 rings (SSSR count). The van der Waals surface area contributed by atoms with Crippen molar-refractivity contribution in [3.63, 3.8) is 0 Å². The van der Waals surface area contributed by atoms with E-state index in [9.17, 15) is 14.3 Å². The smallest absolute Gasteiger partial charge is 0.258 e. The van der Waals surface area contributed by atoms with Gasteiger partial charge < -0.3 is 10.1 Å². The normalized spacial score (nSPS) is 15.5. The maximum atomic E-state index is 13.3. The number of halogens is 2. The minimum atomic E-state index is -0.395. The average molecular weight is 353 g/mol. The first-order valence-electron chi connectivity index (χ1n) is 6.85. The number of aromatic nitrogens is 2. The van der Waals surface area contributed by atoms with Crippen LogP contribution in [0.4, 0.5) is 4.39 Å². The number of nitrogens with zero attached hydrogens (tertiary/aromatic N) is 1. The molecule has 0 amide bonds. The predicted octanol–water partition coefficient (Wildman–Crippen LogP) is 3.70. The zero-order valence-electron chi connectivity index (χ0n) is 11.2. The van der Waals surface area contributed by atoms with Crippen molar-refractivity contribution in [1.82, 2.24) is 9.97 Å². The molecule has 0 aliphatic heterocycles. The molecule has 0 unspecified atom stereocenters. The van der Waals surface area contributed by atoms with Gasteiger partial charge in [-0.1, -0.05) is 12.8 Å². The van der Waals surface area contributed by atoms with E-state index in [0.29, 0.717) is 11.1 Å². The first kappa shape index (κ1) is 14.3. The highest BCUT2D eigenvalue weighted by molar-refractivity contribution is 9.10. The van der Waals surface area contributed by atoms with Gasteiger partial charge in [0.05, 0.1) is 10.0 Å². The number of rotatable bonds is 2. The summed E-state index contributed by atoms with van der Waals surface area (Å²) in [6, 6.07) is 4.30. The van der Waals surface area contributed by atoms with Crippen LogP contribution in [0.3, 0.4) is 0 Å². The summed E-state index contributed by atoms with van der Waals surface area (Å²) in [5, 5.41) is 10.1. The number of aromatic amines is 1. The Morgan fingerprint density at radius 3 is 2.67 bits per heavy atom. The van der Waals surface area contributed by atoms with Crippen LogP contribution in [0, 0.1) is 5.82 Å². The van der Waals surface area contributed by atoms with Gasteiger partial charge in [0.15, 0.2) is 0 Å².